The monoisotopic (exact) mass is 327 g/mol. The minimum atomic E-state index is -0.966. The Bertz CT molecular complexity index is 537. The van der Waals surface area contributed by atoms with Gasteiger partial charge in [0.25, 0.3) is 0 Å². The first kappa shape index (κ1) is 18.5. The molecule has 0 aliphatic carbocycles. The second-order valence-electron chi connectivity index (χ2n) is 7.25. The van der Waals surface area contributed by atoms with Crippen LogP contribution in [-0.4, -0.2) is 22.8 Å². The highest BCUT2D eigenvalue weighted by Crippen LogP contribution is 2.33. The molecule has 2 N–H and O–H groups in total. The van der Waals surface area contributed by atoms with Crippen LogP contribution < -0.4 is 5.32 Å². The third kappa shape index (κ3) is 6.05. The van der Waals surface area contributed by atoms with E-state index < -0.39 is 23.7 Å². The van der Waals surface area contributed by atoms with Gasteiger partial charge in [-0.15, -0.1) is 11.3 Å². The van der Waals surface area contributed by atoms with Gasteiger partial charge in [-0.05, 0) is 38.3 Å². The first-order valence-electron chi connectivity index (χ1n) is 7.20. The Kier molecular flexibility index (Phi) is 5.62. The van der Waals surface area contributed by atoms with Gasteiger partial charge in [0.15, 0.2) is 0 Å². The molecule has 22 heavy (non-hydrogen) atoms. The van der Waals surface area contributed by atoms with Crippen LogP contribution in [0.3, 0.4) is 0 Å². The predicted molar refractivity (Wildman–Crippen MR) is 87.4 cm³/mol. The Morgan fingerprint density at radius 2 is 1.82 bits per heavy atom. The van der Waals surface area contributed by atoms with E-state index in [0.29, 0.717) is 0 Å². The molecule has 0 aromatic carbocycles. The maximum atomic E-state index is 11.9. The van der Waals surface area contributed by atoms with Gasteiger partial charge in [0.1, 0.15) is 5.60 Å². The molecule has 0 aliphatic heterocycles. The normalized spacial score (nSPS) is 13.5. The van der Waals surface area contributed by atoms with Crippen LogP contribution in [0.1, 0.15) is 63.8 Å². The Morgan fingerprint density at radius 1 is 1.23 bits per heavy atom. The fourth-order valence-electron chi connectivity index (χ4n) is 1.79. The van der Waals surface area contributed by atoms with Gasteiger partial charge in [-0.25, -0.2) is 4.79 Å². The summed E-state index contributed by atoms with van der Waals surface area (Å²) in [6.45, 7) is 11.6. The molecule has 1 aromatic rings. The molecule has 1 atom stereocenters. The predicted octanol–water partition coefficient (Wildman–Crippen LogP) is 4.09. The van der Waals surface area contributed by atoms with Gasteiger partial charge in [-0.3, -0.25) is 4.79 Å². The zero-order valence-corrected chi connectivity index (χ0v) is 14.8. The van der Waals surface area contributed by atoms with Crippen molar-refractivity contribution in [2.45, 2.75) is 65.0 Å². The average Bonchev–Trinajstić information content (AvgIpc) is 2.72. The van der Waals surface area contributed by atoms with Gasteiger partial charge in [0, 0.05) is 9.75 Å². The number of amides is 1. The second kappa shape index (κ2) is 6.69. The number of hydrogen-bond acceptors (Lipinski definition) is 4. The fraction of sp³-hybridized carbons (Fsp3) is 0.625. The van der Waals surface area contributed by atoms with Crippen molar-refractivity contribution in [2.75, 3.05) is 0 Å². The minimum Gasteiger partial charge on any atom is -0.481 e. The smallest absolute Gasteiger partial charge is 0.408 e. The molecule has 0 fully saturated rings. The van der Waals surface area contributed by atoms with Crippen molar-refractivity contribution < 1.29 is 19.4 Å². The van der Waals surface area contributed by atoms with Crippen molar-refractivity contribution in [3.63, 3.8) is 0 Å². The number of nitrogens with one attached hydrogen (secondary N) is 1. The molecule has 0 radical (unpaired) electrons. The number of hydrogen-bond donors (Lipinski definition) is 2. The summed E-state index contributed by atoms with van der Waals surface area (Å²) >= 11 is 1.52. The van der Waals surface area contributed by atoms with E-state index in [1.54, 1.807) is 20.8 Å². The lowest BCUT2D eigenvalue weighted by Crippen LogP contribution is -2.35. The topological polar surface area (TPSA) is 75.6 Å². The first-order chi connectivity index (χ1) is 9.88. The Labute approximate surface area is 135 Å². The van der Waals surface area contributed by atoms with Crippen LogP contribution in [0.15, 0.2) is 12.1 Å². The lowest BCUT2D eigenvalue weighted by molar-refractivity contribution is -0.137. The molecule has 0 spiro atoms. The third-order valence-electron chi connectivity index (χ3n) is 2.78. The van der Waals surface area contributed by atoms with Crippen molar-refractivity contribution >= 4 is 23.4 Å². The number of carboxylic acids is 1. The van der Waals surface area contributed by atoms with E-state index in [2.05, 4.69) is 26.1 Å². The maximum absolute atomic E-state index is 11.9. The lowest BCUT2D eigenvalue weighted by atomic mass is 9.95. The molecule has 1 rings (SSSR count). The second-order valence-corrected chi connectivity index (χ2v) is 8.36. The highest BCUT2D eigenvalue weighted by Gasteiger charge is 2.25. The van der Waals surface area contributed by atoms with E-state index in [1.807, 2.05) is 12.1 Å². The van der Waals surface area contributed by atoms with E-state index in [0.717, 1.165) is 9.75 Å². The van der Waals surface area contributed by atoms with E-state index in [9.17, 15) is 9.59 Å². The van der Waals surface area contributed by atoms with Gasteiger partial charge in [-0.2, -0.15) is 0 Å². The molecule has 0 saturated heterocycles. The van der Waals surface area contributed by atoms with Crippen LogP contribution >= 0.6 is 11.3 Å². The molecular formula is C16H25NO4S. The Hall–Kier alpha value is -1.56. The van der Waals surface area contributed by atoms with Crippen LogP contribution in [0, 0.1) is 0 Å². The third-order valence-corrected chi connectivity index (χ3v) is 4.40. The number of rotatable bonds is 4. The quantitative estimate of drug-likeness (QED) is 0.873. The van der Waals surface area contributed by atoms with Gasteiger partial charge in [-0.1, -0.05) is 20.8 Å². The number of carbonyl (C=O) groups is 2. The molecule has 1 amide bonds. The summed E-state index contributed by atoms with van der Waals surface area (Å²) in [6.07, 6.45) is -0.784. The number of ether oxygens (including phenoxy) is 1. The molecule has 1 aromatic heterocycles. The zero-order valence-electron chi connectivity index (χ0n) is 14.0. The van der Waals surface area contributed by atoms with E-state index in [-0.39, 0.29) is 11.8 Å². The standard InChI is InChI=1S/C16H25NO4S/c1-15(2,3)12-8-7-11(22-12)10(9-13(18)19)17-14(20)21-16(4,5)6/h7-8,10H,9H2,1-6H3,(H,17,20)(H,18,19). The molecule has 0 saturated carbocycles. The molecule has 0 aliphatic rings. The van der Waals surface area contributed by atoms with Gasteiger partial charge >= 0.3 is 12.1 Å². The largest absolute Gasteiger partial charge is 0.481 e. The van der Waals surface area contributed by atoms with Crippen molar-refractivity contribution in [3.8, 4) is 0 Å². The molecular weight excluding hydrogens is 302 g/mol. The number of carbonyl (C=O) groups excluding carboxylic acids is 1. The van der Waals surface area contributed by atoms with Gasteiger partial charge < -0.3 is 15.2 Å². The fourth-order valence-corrected chi connectivity index (χ4v) is 2.91. The lowest BCUT2D eigenvalue weighted by Gasteiger charge is -2.22. The summed E-state index contributed by atoms with van der Waals surface area (Å²) in [5.41, 5.74) is -0.632. The number of alkyl carbamates (subject to hydrolysis) is 1. The van der Waals surface area contributed by atoms with Gasteiger partial charge in [0.2, 0.25) is 0 Å². The van der Waals surface area contributed by atoms with Crippen molar-refractivity contribution in [2.24, 2.45) is 0 Å². The van der Waals surface area contributed by atoms with Crippen LogP contribution in [0.25, 0.3) is 0 Å². The Morgan fingerprint density at radius 3 is 2.23 bits per heavy atom. The molecule has 124 valence electrons. The number of carboxylic acid groups (broad SMARTS) is 1. The summed E-state index contributed by atoms with van der Waals surface area (Å²) in [6, 6.07) is 3.26. The maximum Gasteiger partial charge on any atom is 0.408 e. The number of aliphatic carboxylic acids is 1. The van der Waals surface area contributed by atoms with E-state index >= 15 is 0 Å². The van der Waals surface area contributed by atoms with Crippen LogP contribution in [0.2, 0.25) is 0 Å². The van der Waals surface area contributed by atoms with Gasteiger partial charge in [0.05, 0.1) is 12.5 Å². The first-order valence-corrected chi connectivity index (χ1v) is 8.01. The Balaban J connectivity index is 2.91. The minimum absolute atomic E-state index is 0.0113. The molecule has 5 nitrogen and oxygen atoms in total. The van der Waals surface area contributed by atoms with Crippen LogP contribution in [0.5, 0.6) is 0 Å². The summed E-state index contributed by atoms with van der Waals surface area (Å²) in [5, 5.41) is 11.7. The highest BCUT2D eigenvalue weighted by atomic mass is 32.1. The summed E-state index contributed by atoms with van der Waals surface area (Å²) in [7, 11) is 0. The summed E-state index contributed by atoms with van der Waals surface area (Å²) < 4.78 is 5.21. The average molecular weight is 327 g/mol. The highest BCUT2D eigenvalue weighted by molar-refractivity contribution is 7.12. The molecule has 1 heterocycles. The molecule has 6 heteroatoms. The van der Waals surface area contributed by atoms with Crippen molar-refractivity contribution in [1.29, 1.82) is 0 Å². The van der Waals surface area contributed by atoms with Crippen LogP contribution in [-0.2, 0) is 14.9 Å². The van der Waals surface area contributed by atoms with E-state index in [4.69, 9.17) is 9.84 Å². The van der Waals surface area contributed by atoms with E-state index in [1.165, 1.54) is 11.3 Å². The SMILES string of the molecule is CC(C)(C)OC(=O)NC(CC(=O)O)c1ccc(C(C)(C)C)s1. The summed E-state index contributed by atoms with van der Waals surface area (Å²) in [5.74, 6) is -0.966. The van der Waals surface area contributed by atoms with Crippen molar-refractivity contribution in [1.82, 2.24) is 5.32 Å². The summed E-state index contributed by atoms with van der Waals surface area (Å²) in [4.78, 5) is 24.9. The molecule has 1 unspecified atom stereocenters. The molecule has 0 bridgehead atoms. The van der Waals surface area contributed by atoms with Crippen molar-refractivity contribution in [3.05, 3.63) is 21.9 Å². The number of thiophene rings is 1. The van der Waals surface area contributed by atoms with Crippen LogP contribution in [0.4, 0.5) is 4.79 Å². The zero-order chi connectivity index (χ0) is 17.1.